The Bertz CT molecular complexity index is 424. The molecule has 0 radical (unpaired) electrons. The zero-order valence-corrected chi connectivity index (χ0v) is 13.6. The van der Waals surface area contributed by atoms with Crippen LogP contribution >= 0.6 is 0 Å². The molecule has 3 atom stereocenters. The number of hydrogen-bond acceptors (Lipinski definition) is 3. The van der Waals surface area contributed by atoms with Gasteiger partial charge in [-0.05, 0) is 39.5 Å². The molecule has 118 valence electrons. The standard InChI is InChI=1S/C14H28N2O3S/c1-11(2)15(3)20(18,19)16-10-5-4-8-13(16)12-7-6-9-14(12)17/h11-14,17H,4-10H2,1-3H3. The predicted molar refractivity (Wildman–Crippen MR) is 79.5 cm³/mol. The summed E-state index contributed by atoms with van der Waals surface area (Å²) < 4.78 is 28.7. The van der Waals surface area contributed by atoms with Gasteiger partial charge in [0.15, 0.2) is 0 Å². The summed E-state index contributed by atoms with van der Waals surface area (Å²) >= 11 is 0. The van der Waals surface area contributed by atoms with Gasteiger partial charge < -0.3 is 5.11 Å². The average molecular weight is 304 g/mol. The molecule has 0 aromatic heterocycles. The van der Waals surface area contributed by atoms with Gasteiger partial charge in [-0.2, -0.15) is 17.0 Å². The minimum atomic E-state index is -3.42. The SMILES string of the molecule is CC(C)N(C)S(=O)(=O)N1CCCCC1C1CCCC1O. The van der Waals surface area contributed by atoms with Crippen LogP contribution in [-0.4, -0.2) is 53.9 Å². The van der Waals surface area contributed by atoms with E-state index in [-0.39, 0.29) is 24.1 Å². The molecule has 0 aromatic carbocycles. The Labute approximate surface area is 123 Å². The van der Waals surface area contributed by atoms with Crippen LogP contribution in [-0.2, 0) is 10.2 Å². The fraction of sp³-hybridized carbons (Fsp3) is 1.00. The maximum Gasteiger partial charge on any atom is 0.282 e. The molecule has 1 heterocycles. The van der Waals surface area contributed by atoms with Gasteiger partial charge in [0.05, 0.1) is 6.10 Å². The van der Waals surface area contributed by atoms with Crippen molar-refractivity contribution < 1.29 is 13.5 Å². The molecule has 20 heavy (non-hydrogen) atoms. The summed E-state index contributed by atoms with van der Waals surface area (Å²) in [4.78, 5) is 0. The van der Waals surface area contributed by atoms with Gasteiger partial charge in [-0.25, -0.2) is 0 Å². The van der Waals surface area contributed by atoms with Crippen LogP contribution in [0.25, 0.3) is 0 Å². The van der Waals surface area contributed by atoms with Crippen molar-refractivity contribution in [3.05, 3.63) is 0 Å². The van der Waals surface area contributed by atoms with Crippen LogP contribution < -0.4 is 0 Å². The van der Waals surface area contributed by atoms with E-state index in [0.717, 1.165) is 38.5 Å². The highest BCUT2D eigenvalue weighted by Crippen LogP contribution is 2.36. The van der Waals surface area contributed by atoms with Crippen LogP contribution in [0.4, 0.5) is 0 Å². The molecule has 0 bridgehead atoms. The third-order valence-corrected chi connectivity index (χ3v) is 7.11. The zero-order chi connectivity index (χ0) is 14.9. The minimum absolute atomic E-state index is 0.0209. The van der Waals surface area contributed by atoms with Crippen LogP contribution in [0, 0.1) is 5.92 Å². The van der Waals surface area contributed by atoms with Gasteiger partial charge in [-0.3, -0.25) is 0 Å². The largest absolute Gasteiger partial charge is 0.393 e. The van der Waals surface area contributed by atoms with Gasteiger partial charge in [0, 0.05) is 31.6 Å². The molecular weight excluding hydrogens is 276 g/mol. The molecule has 2 rings (SSSR count). The van der Waals surface area contributed by atoms with Crippen LogP contribution in [0.15, 0.2) is 0 Å². The smallest absolute Gasteiger partial charge is 0.282 e. The molecule has 0 aromatic rings. The van der Waals surface area contributed by atoms with E-state index in [1.54, 1.807) is 11.4 Å². The second-order valence-electron chi connectivity index (χ2n) is 6.45. The molecule has 1 N–H and O–H groups in total. The Kier molecular flexibility index (Phi) is 5.10. The molecule has 0 spiro atoms. The highest BCUT2D eigenvalue weighted by Gasteiger charge is 2.43. The van der Waals surface area contributed by atoms with Gasteiger partial charge in [-0.1, -0.05) is 12.8 Å². The normalized spacial score (nSPS) is 33.2. The number of piperidine rings is 1. The molecule has 1 aliphatic heterocycles. The lowest BCUT2D eigenvalue weighted by atomic mass is 9.89. The van der Waals surface area contributed by atoms with Gasteiger partial charge in [0.25, 0.3) is 10.2 Å². The van der Waals surface area contributed by atoms with Crippen molar-refractivity contribution in [3.63, 3.8) is 0 Å². The van der Waals surface area contributed by atoms with E-state index in [1.807, 2.05) is 13.8 Å². The maximum atomic E-state index is 12.8. The third-order valence-electron chi connectivity index (χ3n) is 4.91. The number of aliphatic hydroxyl groups is 1. The quantitative estimate of drug-likeness (QED) is 0.858. The van der Waals surface area contributed by atoms with Crippen molar-refractivity contribution >= 4 is 10.2 Å². The van der Waals surface area contributed by atoms with Crippen LogP contribution in [0.1, 0.15) is 52.4 Å². The van der Waals surface area contributed by atoms with Gasteiger partial charge in [-0.15, -0.1) is 0 Å². The first-order chi connectivity index (χ1) is 9.35. The molecule has 2 aliphatic rings. The van der Waals surface area contributed by atoms with E-state index < -0.39 is 10.2 Å². The van der Waals surface area contributed by atoms with Gasteiger partial charge in [0.1, 0.15) is 0 Å². The maximum absolute atomic E-state index is 12.8. The first-order valence-corrected chi connectivity index (χ1v) is 9.18. The summed E-state index contributed by atoms with van der Waals surface area (Å²) in [5.74, 6) is 0.116. The molecule has 0 amide bonds. The first-order valence-electron chi connectivity index (χ1n) is 7.78. The zero-order valence-electron chi connectivity index (χ0n) is 12.8. The number of hydrogen-bond donors (Lipinski definition) is 1. The lowest BCUT2D eigenvalue weighted by molar-refractivity contribution is 0.0696. The third kappa shape index (κ3) is 3.03. The highest BCUT2D eigenvalue weighted by molar-refractivity contribution is 7.86. The molecule has 1 saturated heterocycles. The number of nitrogens with zero attached hydrogens (tertiary/aromatic N) is 2. The summed E-state index contributed by atoms with van der Waals surface area (Å²) in [6.07, 6.45) is 5.30. The van der Waals surface area contributed by atoms with Crippen molar-refractivity contribution in [3.8, 4) is 0 Å². The summed E-state index contributed by atoms with van der Waals surface area (Å²) in [6.45, 7) is 4.37. The van der Waals surface area contributed by atoms with E-state index in [4.69, 9.17) is 0 Å². The van der Waals surface area contributed by atoms with Gasteiger partial charge >= 0.3 is 0 Å². The minimum Gasteiger partial charge on any atom is -0.393 e. The van der Waals surface area contributed by atoms with Crippen molar-refractivity contribution in [2.45, 2.75) is 70.6 Å². The highest BCUT2D eigenvalue weighted by atomic mass is 32.2. The van der Waals surface area contributed by atoms with Crippen molar-refractivity contribution in [2.75, 3.05) is 13.6 Å². The van der Waals surface area contributed by atoms with E-state index in [1.165, 1.54) is 4.31 Å². The molecule has 3 unspecified atom stereocenters. The van der Waals surface area contributed by atoms with Crippen LogP contribution in [0.3, 0.4) is 0 Å². The predicted octanol–water partition coefficient (Wildman–Crippen LogP) is 1.59. The summed E-state index contributed by atoms with van der Waals surface area (Å²) in [5.41, 5.74) is 0. The first kappa shape index (κ1) is 16.2. The monoisotopic (exact) mass is 304 g/mol. The molecule has 1 aliphatic carbocycles. The lowest BCUT2D eigenvalue weighted by Gasteiger charge is -2.41. The van der Waals surface area contributed by atoms with Crippen molar-refractivity contribution in [1.82, 2.24) is 8.61 Å². The molecule has 2 fully saturated rings. The topological polar surface area (TPSA) is 60.9 Å². The summed E-state index contributed by atoms with van der Waals surface area (Å²) in [5, 5.41) is 10.1. The number of aliphatic hydroxyl groups excluding tert-OH is 1. The average Bonchev–Trinajstić information content (AvgIpc) is 2.83. The van der Waals surface area contributed by atoms with E-state index >= 15 is 0 Å². The number of rotatable bonds is 4. The van der Waals surface area contributed by atoms with Gasteiger partial charge in [0.2, 0.25) is 0 Å². The second-order valence-corrected chi connectivity index (χ2v) is 8.39. The molecule has 6 heteroatoms. The second kappa shape index (κ2) is 6.30. The summed E-state index contributed by atoms with van der Waals surface area (Å²) in [6, 6.07) is -0.0662. The van der Waals surface area contributed by atoms with Crippen molar-refractivity contribution in [2.24, 2.45) is 5.92 Å². The molecule has 5 nitrogen and oxygen atoms in total. The molecule has 1 saturated carbocycles. The Balaban J connectivity index is 2.22. The van der Waals surface area contributed by atoms with Crippen molar-refractivity contribution in [1.29, 1.82) is 0 Å². The lowest BCUT2D eigenvalue weighted by Crippen LogP contribution is -2.54. The van der Waals surface area contributed by atoms with E-state index in [2.05, 4.69) is 0 Å². The summed E-state index contributed by atoms with van der Waals surface area (Å²) in [7, 11) is -1.77. The Hall–Kier alpha value is -0.170. The molecular formula is C14H28N2O3S. The van der Waals surface area contributed by atoms with Crippen LogP contribution in [0.2, 0.25) is 0 Å². The Morgan fingerprint density at radius 3 is 2.40 bits per heavy atom. The fourth-order valence-corrected chi connectivity index (χ4v) is 5.32. The van der Waals surface area contributed by atoms with E-state index in [0.29, 0.717) is 6.54 Å². The van der Waals surface area contributed by atoms with Crippen LogP contribution in [0.5, 0.6) is 0 Å². The fourth-order valence-electron chi connectivity index (χ4n) is 3.49. The Morgan fingerprint density at radius 2 is 1.85 bits per heavy atom. The Morgan fingerprint density at radius 1 is 1.15 bits per heavy atom. The van der Waals surface area contributed by atoms with E-state index in [9.17, 15) is 13.5 Å².